The van der Waals surface area contributed by atoms with Gasteiger partial charge in [-0.05, 0) is 37.0 Å². The summed E-state index contributed by atoms with van der Waals surface area (Å²) >= 11 is 0. The Labute approximate surface area is 172 Å². The fourth-order valence-electron chi connectivity index (χ4n) is 3.85. The predicted molar refractivity (Wildman–Crippen MR) is 111 cm³/mol. The number of halogens is 1. The molecule has 0 saturated carbocycles. The monoisotopic (exact) mass is 426 g/mol. The van der Waals surface area contributed by atoms with Gasteiger partial charge < -0.3 is 15.5 Å². The number of benzene rings is 1. The molecule has 0 spiro atoms. The molecule has 1 atom stereocenters. The lowest BCUT2D eigenvalue weighted by Gasteiger charge is -2.39. The van der Waals surface area contributed by atoms with E-state index in [1.54, 1.807) is 12.1 Å². The van der Waals surface area contributed by atoms with Crippen molar-refractivity contribution in [2.45, 2.75) is 44.3 Å². The maximum absolute atomic E-state index is 15.0. The molecule has 2 aliphatic rings. The van der Waals surface area contributed by atoms with Crippen LogP contribution in [0, 0.1) is 5.82 Å². The Morgan fingerprint density at radius 2 is 2.10 bits per heavy atom. The highest BCUT2D eigenvalue weighted by Gasteiger charge is 2.35. The molecular formula is C20H31FN4O3S. The zero-order chi connectivity index (χ0) is 20.9. The van der Waals surface area contributed by atoms with Crippen LogP contribution in [-0.2, 0) is 26.8 Å². The van der Waals surface area contributed by atoms with Crippen molar-refractivity contribution >= 4 is 10.0 Å². The largest absolute Gasteiger partial charge is 0.381 e. The van der Waals surface area contributed by atoms with E-state index >= 15 is 0 Å². The number of hydrogen-bond acceptors (Lipinski definition) is 6. The minimum Gasteiger partial charge on any atom is -0.381 e. The molecule has 0 amide bonds. The third kappa shape index (κ3) is 5.55. The SMILES string of the molecule is CCCN(Cc1ccc(C2(NCC3C=CNN3)CCOCC2)cc1F)S(C)(=O)=O. The van der Waals surface area contributed by atoms with Crippen LogP contribution in [0.4, 0.5) is 4.39 Å². The summed E-state index contributed by atoms with van der Waals surface area (Å²) in [6.45, 7) is 4.25. The van der Waals surface area contributed by atoms with Crippen LogP contribution >= 0.6 is 0 Å². The summed E-state index contributed by atoms with van der Waals surface area (Å²) in [6, 6.07) is 5.35. The van der Waals surface area contributed by atoms with E-state index in [4.69, 9.17) is 4.74 Å². The first-order chi connectivity index (χ1) is 13.8. The molecule has 0 bridgehead atoms. The Balaban J connectivity index is 1.80. The van der Waals surface area contributed by atoms with E-state index in [0.717, 1.165) is 24.7 Å². The summed E-state index contributed by atoms with van der Waals surface area (Å²) in [7, 11) is -3.38. The topological polar surface area (TPSA) is 82.7 Å². The molecule has 1 fully saturated rings. The van der Waals surface area contributed by atoms with Crippen molar-refractivity contribution in [1.29, 1.82) is 0 Å². The van der Waals surface area contributed by atoms with Gasteiger partial charge in [0.2, 0.25) is 10.0 Å². The predicted octanol–water partition coefficient (Wildman–Crippen LogP) is 1.58. The average Bonchev–Trinajstić information content (AvgIpc) is 3.21. The maximum atomic E-state index is 15.0. The van der Waals surface area contributed by atoms with Crippen molar-refractivity contribution in [3.8, 4) is 0 Å². The van der Waals surface area contributed by atoms with Gasteiger partial charge >= 0.3 is 0 Å². The maximum Gasteiger partial charge on any atom is 0.211 e. The van der Waals surface area contributed by atoms with Crippen LogP contribution in [0.1, 0.15) is 37.3 Å². The van der Waals surface area contributed by atoms with Gasteiger partial charge in [0.05, 0.1) is 12.3 Å². The number of hydrazine groups is 1. The first-order valence-electron chi connectivity index (χ1n) is 10.1. The van der Waals surface area contributed by atoms with Gasteiger partial charge in [0.25, 0.3) is 0 Å². The van der Waals surface area contributed by atoms with E-state index in [-0.39, 0.29) is 23.9 Å². The van der Waals surface area contributed by atoms with Gasteiger partial charge in [0.1, 0.15) is 5.82 Å². The molecule has 0 aliphatic carbocycles. The second kappa shape index (κ2) is 9.53. The first kappa shape index (κ1) is 22.2. The summed E-state index contributed by atoms with van der Waals surface area (Å²) in [5.74, 6) is -0.375. The van der Waals surface area contributed by atoms with Gasteiger partial charge in [-0.1, -0.05) is 19.1 Å². The summed E-state index contributed by atoms with van der Waals surface area (Å²) < 4.78 is 45.8. The second-order valence-corrected chi connectivity index (χ2v) is 9.71. The zero-order valence-electron chi connectivity index (χ0n) is 17.1. The molecule has 1 aromatic rings. The second-order valence-electron chi connectivity index (χ2n) is 7.73. The van der Waals surface area contributed by atoms with E-state index < -0.39 is 10.0 Å². The van der Waals surface area contributed by atoms with Crippen LogP contribution in [0.2, 0.25) is 0 Å². The van der Waals surface area contributed by atoms with E-state index in [0.29, 0.717) is 38.3 Å². The minimum atomic E-state index is -3.38. The Morgan fingerprint density at radius 1 is 1.34 bits per heavy atom. The fraction of sp³-hybridized carbons (Fsp3) is 0.600. The van der Waals surface area contributed by atoms with Crippen LogP contribution in [0.15, 0.2) is 30.5 Å². The molecule has 1 saturated heterocycles. The van der Waals surface area contributed by atoms with Gasteiger partial charge in [-0.15, -0.1) is 0 Å². The van der Waals surface area contributed by atoms with Crippen molar-refractivity contribution in [1.82, 2.24) is 20.5 Å². The molecule has 0 aromatic heterocycles. The molecule has 0 radical (unpaired) electrons. The van der Waals surface area contributed by atoms with Crippen molar-refractivity contribution in [2.75, 3.05) is 32.6 Å². The lowest BCUT2D eigenvalue weighted by Crippen LogP contribution is -2.51. The summed E-state index contributed by atoms with van der Waals surface area (Å²) in [5, 5.41) is 3.62. The van der Waals surface area contributed by atoms with E-state index in [9.17, 15) is 12.8 Å². The number of nitrogens with zero attached hydrogens (tertiary/aromatic N) is 1. The highest BCUT2D eigenvalue weighted by molar-refractivity contribution is 7.88. The highest BCUT2D eigenvalue weighted by atomic mass is 32.2. The van der Waals surface area contributed by atoms with E-state index in [1.165, 1.54) is 4.31 Å². The smallest absolute Gasteiger partial charge is 0.211 e. The molecule has 7 nitrogen and oxygen atoms in total. The lowest BCUT2D eigenvalue weighted by atomic mass is 9.82. The van der Waals surface area contributed by atoms with Crippen LogP contribution in [0.25, 0.3) is 0 Å². The summed E-state index contributed by atoms with van der Waals surface area (Å²) in [6.07, 6.45) is 7.24. The van der Waals surface area contributed by atoms with Crippen molar-refractivity contribution in [3.05, 3.63) is 47.4 Å². The molecule has 1 unspecified atom stereocenters. The molecule has 2 aliphatic heterocycles. The Kier molecular flexibility index (Phi) is 7.28. The molecule has 3 rings (SSSR count). The van der Waals surface area contributed by atoms with Gasteiger partial charge in [-0.2, -0.15) is 4.31 Å². The van der Waals surface area contributed by atoms with E-state index in [1.807, 2.05) is 25.3 Å². The Morgan fingerprint density at radius 3 is 2.69 bits per heavy atom. The molecule has 2 heterocycles. The highest BCUT2D eigenvalue weighted by Crippen LogP contribution is 2.33. The van der Waals surface area contributed by atoms with Gasteiger partial charge in [-0.3, -0.25) is 0 Å². The molecule has 3 N–H and O–H groups in total. The summed E-state index contributed by atoms with van der Waals surface area (Å²) in [4.78, 5) is 0. The van der Waals surface area contributed by atoms with Crippen LogP contribution < -0.4 is 16.2 Å². The van der Waals surface area contributed by atoms with Gasteiger partial charge in [0, 0.05) is 50.2 Å². The molecule has 9 heteroatoms. The first-order valence-corrected chi connectivity index (χ1v) is 11.9. The minimum absolute atomic E-state index is 0.0464. The van der Waals surface area contributed by atoms with Crippen LogP contribution in [0.5, 0.6) is 0 Å². The number of sulfonamides is 1. The lowest BCUT2D eigenvalue weighted by molar-refractivity contribution is 0.0360. The fourth-order valence-corrected chi connectivity index (χ4v) is 4.74. The standard InChI is InChI=1S/C20H31FN4O3S/c1-3-10-25(29(2,26)27)15-16-4-5-17(13-19(16)21)20(7-11-28-12-8-20)22-14-18-6-9-23-24-18/h4-6,9,13,18,22-24H,3,7-8,10-12,14-15H2,1-2H3. The molecular weight excluding hydrogens is 395 g/mol. The number of ether oxygens (including phenoxy) is 1. The number of rotatable bonds is 9. The third-order valence-corrected chi connectivity index (χ3v) is 6.83. The van der Waals surface area contributed by atoms with Crippen molar-refractivity contribution in [3.63, 3.8) is 0 Å². The number of nitrogens with one attached hydrogen (secondary N) is 3. The third-order valence-electron chi connectivity index (χ3n) is 5.58. The Bertz CT molecular complexity index is 825. The average molecular weight is 427 g/mol. The van der Waals surface area contributed by atoms with Crippen molar-refractivity contribution < 1.29 is 17.5 Å². The molecule has 162 valence electrons. The normalized spacial score (nSPS) is 21.4. The van der Waals surface area contributed by atoms with Crippen LogP contribution in [0.3, 0.4) is 0 Å². The van der Waals surface area contributed by atoms with Gasteiger partial charge in [-0.25, -0.2) is 18.2 Å². The van der Waals surface area contributed by atoms with Crippen molar-refractivity contribution in [2.24, 2.45) is 0 Å². The summed E-state index contributed by atoms with van der Waals surface area (Å²) in [5.41, 5.74) is 7.00. The zero-order valence-corrected chi connectivity index (χ0v) is 17.9. The molecule has 1 aromatic carbocycles. The number of hydrogen-bond donors (Lipinski definition) is 3. The van der Waals surface area contributed by atoms with E-state index in [2.05, 4.69) is 16.2 Å². The Hall–Kier alpha value is -1.52. The quantitative estimate of drug-likeness (QED) is 0.556. The van der Waals surface area contributed by atoms with Gasteiger partial charge in [0.15, 0.2) is 0 Å². The van der Waals surface area contributed by atoms with Crippen LogP contribution in [-0.4, -0.2) is 51.3 Å². The molecule has 29 heavy (non-hydrogen) atoms.